The van der Waals surface area contributed by atoms with Crippen molar-refractivity contribution in [3.8, 4) is 0 Å². The van der Waals surface area contributed by atoms with Crippen LogP contribution >= 0.6 is 11.3 Å². The highest BCUT2D eigenvalue weighted by Gasteiger charge is 2.33. The van der Waals surface area contributed by atoms with Gasteiger partial charge in [-0.25, -0.2) is 9.78 Å². The Morgan fingerprint density at radius 1 is 1.50 bits per heavy atom. The van der Waals surface area contributed by atoms with E-state index in [9.17, 15) is 4.79 Å². The maximum absolute atomic E-state index is 12.5. The highest BCUT2D eigenvalue weighted by molar-refractivity contribution is 7.18. The first-order valence-corrected chi connectivity index (χ1v) is 8.25. The quantitative estimate of drug-likeness (QED) is 0.873. The molecule has 1 aromatic carbocycles. The summed E-state index contributed by atoms with van der Waals surface area (Å²) in [4.78, 5) is 18.7. The van der Waals surface area contributed by atoms with Gasteiger partial charge in [0.15, 0.2) is 0 Å². The summed E-state index contributed by atoms with van der Waals surface area (Å²) in [6, 6.07) is 5.74. The summed E-state index contributed by atoms with van der Waals surface area (Å²) < 4.78 is 6.93. The molecule has 6 heteroatoms. The number of urea groups is 1. The van der Waals surface area contributed by atoms with Crippen LogP contribution in [0.5, 0.6) is 0 Å². The highest BCUT2D eigenvalue weighted by Crippen LogP contribution is 2.26. The number of carbonyl (C=O) groups excluding carboxylic acids is 1. The molecule has 1 fully saturated rings. The Labute approximate surface area is 134 Å². The molecule has 1 atom stereocenters. The zero-order valence-electron chi connectivity index (χ0n) is 13.3. The molecule has 1 N–H and O–H groups in total. The first-order chi connectivity index (χ1) is 10.3. The van der Waals surface area contributed by atoms with E-state index in [1.807, 2.05) is 50.8 Å². The van der Waals surface area contributed by atoms with Crippen LogP contribution in [0.3, 0.4) is 0 Å². The van der Waals surface area contributed by atoms with Gasteiger partial charge in [-0.3, -0.25) is 0 Å². The number of ether oxygens (including phenoxy) is 1. The molecule has 1 aliphatic rings. The molecular formula is C16H21N3O2S. The number of nitrogens with zero attached hydrogens (tertiary/aromatic N) is 2. The smallest absolute Gasteiger partial charge is 0.322 e. The van der Waals surface area contributed by atoms with Crippen LogP contribution in [0.25, 0.3) is 10.2 Å². The molecule has 1 unspecified atom stereocenters. The molecule has 0 spiro atoms. The molecule has 3 rings (SSSR count). The summed E-state index contributed by atoms with van der Waals surface area (Å²) in [7, 11) is 0. The molecule has 5 nitrogen and oxygen atoms in total. The SMILES string of the molecule is Cc1nc2ccc(NC(=O)N3CC(C)OC(C)(C)C3)cc2s1. The summed E-state index contributed by atoms with van der Waals surface area (Å²) in [6.45, 7) is 9.19. The number of nitrogens with one attached hydrogen (secondary N) is 1. The van der Waals surface area contributed by atoms with Gasteiger partial charge in [-0.05, 0) is 45.9 Å². The van der Waals surface area contributed by atoms with Crippen molar-refractivity contribution in [3.63, 3.8) is 0 Å². The second-order valence-electron chi connectivity index (χ2n) is 6.41. The predicted molar refractivity (Wildman–Crippen MR) is 89.6 cm³/mol. The number of rotatable bonds is 1. The van der Waals surface area contributed by atoms with E-state index in [1.54, 1.807) is 11.3 Å². The third kappa shape index (κ3) is 3.23. The molecule has 22 heavy (non-hydrogen) atoms. The van der Waals surface area contributed by atoms with Gasteiger partial charge in [-0.2, -0.15) is 0 Å². The van der Waals surface area contributed by atoms with Gasteiger partial charge in [0.25, 0.3) is 0 Å². The topological polar surface area (TPSA) is 54.5 Å². The Kier molecular flexibility index (Phi) is 3.82. The van der Waals surface area contributed by atoms with Gasteiger partial charge in [-0.1, -0.05) is 0 Å². The Morgan fingerprint density at radius 2 is 2.27 bits per heavy atom. The van der Waals surface area contributed by atoms with E-state index in [0.29, 0.717) is 13.1 Å². The van der Waals surface area contributed by atoms with Crippen LogP contribution in [0.4, 0.5) is 10.5 Å². The minimum absolute atomic E-state index is 0.0427. The Bertz CT molecular complexity index is 710. The second kappa shape index (κ2) is 5.52. The standard InChI is InChI=1S/C16H21N3O2S/c1-10-8-19(9-16(3,4)21-10)15(20)18-12-5-6-13-14(7-12)22-11(2)17-13/h5-7,10H,8-9H2,1-4H3,(H,18,20). The van der Waals surface area contributed by atoms with Gasteiger partial charge in [0.1, 0.15) is 0 Å². The molecule has 1 aromatic heterocycles. The van der Waals surface area contributed by atoms with Crippen LogP contribution in [0.15, 0.2) is 18.2 Å². The molecule has 0 saturated carbocycles. The van der Waals surface area contributed by atoms with Crippen molar-refractivity contribution in [2.75, 3.05) is 18.4 Å². The number of aryl methyl sites for hydroxylation is 1. The largest absolute Gasteiger partial charge is 0.369 e. The fraction of sp³-hybridized carbons (Fsp3) is 0.500. The number of carbonyl (C=O) groups is 1. The first-order valence-electron chi connectivity index (χ1n) is 7.43. The van der Waals surface area contributed by atoms with Crippen LogP contribution in [0.2, 0.25) is 0 Å². The van der Waals surface area contributed by atoms with Crippen molar-refractivity contribution in [2.45, 2.75) is 39.4 Å². The number of anilines is 1. The number of hydrogen-bond donors (Lipinski definition) is 1. The van der Waals surface area contributed by atoms with Crippen molar-refractivity contribution < 1.29 is 9.53 Å². The molecule has 2 amide bonds. The third-order valence-electron chi connectivity index (χ3n) is 3.60. The lowest BCUT2D eigenvalue weighted by atomic mass is 10.1. The molecule has 0 aliphatic carbocycles. The number of benzene rings is 1. The van der Waals surface area contributed by atoms with E-state index < -0.39 is 0 Å². The second-order valence-corrected chi connectivity index (χ2v) is 7.65. The Hall–Kier alpha value is -1.66. The van der Waals surface area contributed by atoms with Crippen LogP contribution in [0.1, 0.15) is 25.8 Å². The molecule has 118 valence electrons. The average molecular weight is 319 g/mol. The zero-order chi connectivity index (χ0) is 15.9. The predicted octanol–water partition coefficient (Wildman–Crippen LogP) is 3.64. The van der Waals surface area contributed by atoms with E-state index in [1.165, 1.54) is 0 Å². The molecule has 0 bridgehead atoms. The summed E-state index contributed by atoms with van der Waals surface area (Å²) in [5.74, 6) is 0. The van der Waals surface area contributed by atoms with E-state index in [2.05, 4.69) is 10.3 Å². The number of thiazole rings is 1. The van der Waals surface area contributed by atoms with Crippen LogP contribution in [-0.4, -0.2) is 40.7 Å². The monoisotopic (exact) mass is 319 g/mol. The lowest BCUT2D eigenvalue weighted by Gasteiger charge is -2.41. The van der Waals surface area contributed by atoms with E-state index >= 15 is 0 Å². The molecule has 1 saturated heterocycles. The van der Waals surface area contributed by atoms with Gasteiger partial charge in [-0.15, -0.1) is 11.3 Å². The molecule has 1 aliphatic heterocycles. The summed E-state index contributed by atoms with van der Waals surface area (Å²) in [5.41, 5.74) is 1.47. The lowest BCUT2D eigenvalue weighted by Crippen LogP contribution is -2.54. The van der Waals surface area contributed by atoms with Crippen LogP contribution < -0.4 is 5.32 Å². The number of morpholine rings is 1. The van der Waals surface area contributed by atoms with Crippen molar-refractivity contribution in [1.29, 1.82) is 0 Å². The van der Waals surface area contributed by atoms with E-state index in [-0.39, 0.29) is 17.7 Å². The maximum atomic E-state index is 12.5. The average Bonchev–Trinajstić information content (AvgIpc) is 2.75. The Balaban J connectivity index is 1.74. The van der Waals surface area contributed by atoms with Crippen molar-refractivity contribution in [1.82, 2.24) is 9.88 Å². The first kappa shape index (κ1) is 15.2. The number of amides is 2. The van der Waals surface area contributed by atoms with E-state index in [4.69, 9.17) is 4.74 Å². The highest BCUT2D eigenvalue weighted by atomic mass is 32.1. The summed E-state index contributed by atoms with van der Waals surface area (Å²) in [6.07, 6.45) is 0.0427. The minimum Gasteiger partial charge on any atom is -0.369 e. The van der Waals surface area contributed by atoms with Gasteiger partial charge in [0.2, 0.25) is 0 Å². The number of hydrogen-bond acceptors (Lipinski definition) is 4. The number of aromatic nitrogens is 1. The fourth-order valence-corrected chi connectivity index (χ4v) is 3.79. The van der Waals surface area contributed by atoms with Crippen molar-refractivity contribution in [2.24, 2.45) is 0 Å². The summed E-state index contributed by atoms with van der Waals surface area (Å²) in [5, 5.41) is 4.01. The van der Waals surface area contributed by atoms with Crippen LogP contribution in [-0.2, 0) is 4.74 Å². The van der Waals surface area contributed by atoms with Crippen molar-refractivity contribution >= 4 is 33.3 Å². The maximum Gasteiger partial charge on any atom is 0.322 e. The fourth-order valence-electron chi connectivity index (χ4n) is 2.93. The zero-order valence-corrected chi connectivity index (χ0v) is 14.2. The number of fused-ring (bicyclic) bond motifs is 1. The van der Waals surface area contributed by atoms with Gasteiger partial charge >= 0.3 is 6.03 Å². The van der Waals surface area contributed by atoms with Gasteiger partial charge in [0, 0.05) is 12.2 Å². The lowest BCUT2D eigenvalue weighted by molar-refractivity contribution is -0.116. The molecular weight excluding hydrogens is 298 g/mol. The minimum atomic E-state index is -0.312. The van der Waals surface area contributed by atoms with Gasteiger partial charge in [0.05, 0.1) is 33.5 Å². The van der Waals surface area contributed by atoms with Crippen LogP contribution in [0, 0.1) is 6.92 Å². The molecule has 0 radical (unpaired) electrons. The third-order valence-corrected chi connectivity index (χ3v) is 4.54. The Morgan fingerprint density at radius 3 is 3.00 bits per heavy atom. The molecule has 2 heterocycles. The summed E-state index contributed by atoms with van der Waals surface area (Å²) >= 11 is 1.63. The normalized spacial score (nSPS) is 21.1. The van der Waals surface area contributed by atoms with Gasteiger partial charge < -0.3 is 15.0 Å². The van der Waals surface area contributed by atoms with Crippen molar-refractivity contribution in [3.05, 3.63) is 23.2 Å². The molecule has 2 aromatic rings. The van der Waals surface area contributed by atoms with E-state index in [0.717, 1.165) is 20.9 Å².